The zero-order valence-electron chi connectivity index (χ0n) is 9.00. The van der Waals surface area contributed by atoms with Gasteiger partial charge in [0.15, 0.2) is 0 Å². The number of halogens is 2. The third kappa shape index (κ3) is 2.17. The number of nitrogens with zero attached hydrogens (tertiary/aromatic N) is 1. The fourth-order valence-corrected chi connectivity index (χ4v) is 2.19. The molecule has 0 atom stereocenters. The molecule has 1 fully saturated rings. The fourth-order valence-electron chi connectivity index (χ4n) is 1.83. The van der Waals surface area contributed by atoms with Crippen LogP contribution in [0.25, 0.3) is 0 Å². The molecule has 0 saturated carbocycles. The summed E-state index contributed by atoms with van der Waals surface area (Å²) >= 11 is 3.21. The third-order valence-corrected chi connectivity index (χ3v) is 3.73. The molecule has 0 spiro atoms. The summed E-state index contributed by atoms with van der Waals surface area (Å²) in [6.45, 7) is 6.69. The summed E-state index contributed by atoms with van der Waals surface area (Å²) < 4.78 is 13.6. The molecule has 82 valence electrons. The number of benzene rings is 1. The van der Waals surface area contributed by atoms with E-state index in [-0.39, 0.29) is 5.82 Å². The van der Waals surface area contributed by atoms with Gasteiger partial charge >= 0.3 is 0 Å². The predicted molar refractivity (Wildman–Crippen MR) is 64.6 cm³/mol. The molecule has 1 heterocycles. The van der Waals surface area contributed by atoms with Gasteiger partial charge in [-0.25, -0.2) is 4.39 Å². The quantitative estimate of drug-likeness (QED) is 0.793. The second kappa shape index (κ2) is 4.12. The zero-order chi connectivity index (χ0) is 11.0. The lowest BCUT2D eigenvalue weighted by Gasteiger charge is -2.43. The van der Waals surface area contributed by atoms with E-state index >= 15 is 0 Å². The van der Waals surface area contributed by atoms with Crippen molar-refractivity contribution in [2.75, 3.05) is 18.0 Å². The number of anilines is 1. The van der Waals surface area contributed by atoms with E-state index in [4.69, 9.17) is 0 Å². The van der Waals surface area contributed by atoms with Crippen LogP contribution in [0.4, 0.5) is 10.1 Å². The molecule has 1 nitrogen and oxygen atoms in total. The number of hydrogen-bond donors (Lipinski definition) is 0. The van der Waals surface area contributed by atoms with Crippen molar-refractivity contribution in [2.24, 2.45) is 11.8 Å². The van der Waals surface area contributed by atoms with Gasteiger partial charge in [0, 0.05) is 18.8 Å². The Kier molecular flexibility index (Phi) is 3.01. The van der Waals surface area contributed by atoms with Crippen molar-refractivity contribution in [1.82, 2.24) is 0 Å². The predicted octanol–water partition coefficient (Wildman–Crippen LogP) is 3.68. The third-order valence-electron chi connectivity index (χ3n) is 3.12. The van der Waals surface area contributed by atoms with E-state index in [2.05, 4.69) is 34.7 Å². The van der Waals surface area contributed by atoms with Gasteiger partial charge in [-0.1, -0.05) is 13.8 Å². The normalized spacial score (nSPS) is 17.0. The molecule has 0 N–H and O–H groups in total. The number of hydrogen-bond acceptors (Lipinski definition) is 1. The van der Waals surface area contributed by atoms with Crippen molar-refractivity contribution in [2.45, 2.75) is 13.8 Å². The summed E-state index contributed by atoms with van der Waals surface area (Å²) in [6, 6.07) is 5.21. The van der Waals surface area contributed by atoms with Crippen LogP contribution >= 0.6 is 15.9 Å². The van der Waals surface area contributed by atoms with Crippen molar-refractivity contribution in [3.63, 3.8) is 0 Å². The first-order chi connectivity index (χ1) is 7.08. The average Bonchev–Trinajstić information content (AvgIpc) is 2.08. The molecule has 1 aromatic carbocycles. The van der Waals surface area contributed by atoms with Gasteiger partial charge in [0.1, 0.15) is 5.82 Å². The lowest BCUT2D eigenvalue weighted by Crippen LogP contribution is -2.49. The molecule has 0 aromatic heterocycles. The van der Waals surface area contributed by atoms with Gasteiger partial charge in [-0.15, -0.1) is 0 Å². The molecule has 0 radical (unpaired) electrons. The maximum atomic E-state index is 13.0. The zero-order valence-corrected chi connectivity index (χ0v) is 10.6. The van der Waals surface area contributed by atoms with Crippen LogP contribution in [0.3, 0.4) is 0 Å². The molecule has 0 bridgehead atoms. The molecule has 0 amide bonds. The minimum Gasteiger partial charge on any atom is -0.371 e. The van der Waals surface area contributed by atoms with Gasteiger partial charge in [0.2, 0.25) is 0 Å². The van der Waals surface area contributed by atoms with Gasteiger partial charge < -0.3 is 4.90 Å². The molecule has 1 aliphatic rings. The molecule has 15 heavy (non-hydrogen) atoms. The minimum absolute atomic E-state index is 0.195. The molecular weight excluding hydrogens is 257 g/mol. The topological polar surface area (TPSA) is 3.24 Å². The van der Waals surface area contributed by atoms with Gasteiger partial charge in [0.25, 0.3) is 0 Å². The van der Waals surface area contributed by atoms with E-state index in [9.17, 15) is 4.39 Å². The maximum absolute atomic E-state index is 13.0. The maximum Gasteiger partial charge on any atom is 0.137 e. The fraction of sp³-hybridized carbons (Fsp3) is 0.500. The van der Waals surface area contributed by atoms with Crippen LogP contribution in [0, 0.1) is 17.7 Å². The highest BCUT2D eigenvalue weighted by Crippen LogP contribution is 2.31. The highest BCUT2D eigenvalue weighted by atomic mass is 79.9. The Bertz CT molecular complexity index is 359. The average molecular weight is 272 g/mol. The minimum atomic E-state index is -0.195. The van der Waals surface area contributed by atoms with Crippen molar-refractivity contribution in [3.8, 4) is 0 Å². The molecule has 1 saturated heterocycles. The lowest BCUT2D eigenvalue weighted by molar-refractivity contribution is 0.310. The highest BCUT2D eigenvalue weighted by molar-refractivity contribution is 9.10. The van der Waals surface area contributed by atoms with Crippen molar-refractivity contribution < 1.29 is 4.39 Å². The van der Waals surface area contributed by atoms with E-state index in [1.54, 1.807) is 0 Å². The first-order valence-electron chi connectivity index (χ1n) is 5.28. The summed E-state index contributed by atoms with van der Waals surface area (Å²) in [5.41, 5.74) is 1.11. The molecule has 1 aliphatic heterocycles. The monoisotopic (exact) mass is 271 g/mol. The van der Waals surface area contributed by atoms with E-state index in [0.29, 0.717) is 4.47 Å². The van der Waals surface area contributed by atoms with Gasteiger partial charge in [-0.3, -0.25) is 0 Å². The van der Waals surface area contributed by atoms with E-state index in [1.807, 2.05) is 12.1 Å². The van der Waals surface area contributed by atoms with Gasteiger partial charge in [0.05, 0.1) is 4.47 Å². The Hall–Kier alpha value is -0.570. The molecule has 0 unspecified atom stereocenters. The number of rotatable bonds is 2. The first kappa shape index (κ1) is 10.9. The van der Waals surface area contributed by atoms with Crippen LogP contribution in [0.15, 0.2) is 22.7 Å². The second-order valence-electron chi connectivity index (χ2n) is 4.51. The van der Waals surface area contributed by atoms with E-state index < -0.39 is 0 Å². The Morgan fingerprint density at radius 2 is 2.07 bits per heavy atom. The van der Waals surface area contributed by atoms with Gasteiger partial charge in [-0.2, -0.15) is 0 Å². The summed E-state index contributed by atoms with van der Waals surface area (Å²) in [4.78, 5) is 2.29. The molecule has 2 rings (SSSR count). The van der Waals surface area contributed by atoms with Crippen molar-refractivity contribution >= 4 is 21.6 Å². The van der Waals surface area contributed by atoms with Crippen LogP contribution < -0.4 is 4.90 Å². The summed E-state index contributed by atoms with van der Waals surface area (Å²) in [5.74, 6) is 1.33. The van der Waals surface area contributed by atoms with Crippen LogP contribution in [0.1, 0.15) is 13.8 Å². The summed E-state index contributed by atoms with van der Waals surface area (Å²) in [6.07, 6.45) is 0. The SMILES string of the molecule is CC(C)C1CN(c2ccc(F)c(Br)c2)C1. The Labute approximate surface area is 98.4 Å². The second-order valence-corrected chi connectivity index (χ2v) is 5.36. The van der Waals surface area contributed by atoms with Crippen molar-refractivity contribution in [3.05, 3.63) is 28.5 Å². The molecule has 0 aliphatic carbocycles. The Balaban J connectivity index is 2.04. The summed E-state index contributed by atoms with van der Waals surface area (Å²) in [7, 11) is 0. The standard InChI is InChI=1S/C12H15BrFN/c1-8(2)9-6-15(7-9)10-3-4-12(14)11(13)5-10/h3-5,8-9H,6-7H2,1-2H3. The summed E-state index contributed by atoms with van der Waals surface area (Å²) in [5, 5.41) is 0. The molecular formula is C12H15BrFN. The molecule has 1 aromatic rings. The lowest BCUT2D eigenvalue weighted by atomic mass is 9.88. The Morgan fingerprint density at radius 1 is 1.40 bits per heavy atom. The largest absolute Gasteiger partial charge is 0.371 e. The smallest absolute Gasteiger partial charge is 0.137 e. The van der Waals surface area contributed by atoms with E-state index in [0.717, 1.165) is 30.6 Å². The highest BCUT2D eigenvalue weighted by Gasteiger charge is 2.29. The van der Waals surface area contributed by atoms with Crippen LogP contribution in [0.5, 0.6) is 0 Å². The molecule has 3 heteroatoms. The van der Waals surface area contributed by atoms with Gasteiger partial charge in [-0.05, 0) is 46.0 Å². The van der Waals surface area contributed by atoms with Crippen molar-refractivity contribution in [1.29, 1.82) is 0 Å². The van der Waals surface area contributed by atoms with Crippen LogP contribution in [-0.4, -0.2) is 13.1 Å². The van der Waals surface area contributed by atoms with Crippen LogP contribution in [0.2, 0.25) is 0 Å². The van der Waals surface area contributed by atoms with Crippen LogP contribution in [-0.2, 0) is 0 Å². The Morgan fingerprint density at radius 3 is 2.60 bits per heavy atom. The first-order valence-corrected chi connectivity index (χ1v) is 6.07. The van der Waals surface area contributed by atoms with E-state index in [1.165, 1.54) is 6.07 Å².